The normalized spacial score (nSPS) is 12.1. The average molecular weight is 423 g/mol. The minimum absolute atomic E-state index is 0.114. The van der Waals surface area contributed by atoms with Crippen LogP contribution in [0, 0.1) is 0 Å². The number of aromatic nitrogens is 1. The minimum atomic E-state index is -0.376. The third kappa shape index (κ3) is 5.41. The summed E-state index contributed by atoms with van der Waals surface area (Å²) < 4.78 is 2.04. The maximum Gasteiger partial charge on any atom is 0.169 e. The number of nitrogens with zero attached hydrogens (tertiary/aromatic N) is 2. The zero-order valence-corrected chi connectivity index (χ0v) is 19.7. The van der Waals surface area contributed by atoms with Crippen LogP contribution in [0.15, 0.2) is 60.9 Å². The quantitative estimate of drug-likeness (QED) is 0.337. The minimum Gasteiger partial charge on any atom is -0.246 e. The summed E-state index contributed by atoms with van der Waals surface area (Å²) in [4.78, 5) is 5.89. The van der Waals surface area contributed by atoms with Crippen LogP contribution in [0.25, 0.3) is 22.3 Å². The van der Waals surface area contributed by atoms with E-state index in [0.717, 1.165) is 33.5 Å². The molecule has 0 atom stereocenters. The Morgan fingerprint density at radius 3 is 1.93 bits per heavy atom. The van der Waals surface area contributed by atoms with Gasteiger partial charge in [0, 0.05) is 22.7 Å². The highest BCUT2D eigenvalue weighted by molar-refractivity contribution is 6.30. The SMILES string of the molecule is C[n+]1ccc(-c2cc(-c3ccc(Cl)cc3)c([N]OC(C)(C)C)c(C(C)(C)C)c2)cc1. The van der Waals surface area contributed by atoms with E-state index < -0.39 is 0 Å². The summed E-state index contributed by atoms with van der Waals surface area (Å²) in [5.74, 6) is 0. The van der Waals surface area contributed by atoms with Crippen LogP contribution in [0.3, 0.4) is 0 Å². The van der Waals surface area contributed by atoms with Crippen molar-refractivity contribution in [2.75, 3.05) is 0 Å². The van der Waals surface area contributed by atoms with E-state index in [9.17, 15) is 0 Å². The van der Waals surface area contributed by atoms with Crippen molar-refractivity contribution in [3.63, 3.8) is 0 Å². The second-order valence-electron chi connectivity index (χ2n) is 9.72. The number of halogens is 1. The maximum absolute atomic E-state index is 6.16. The van der Waals surface area contributed by atoms with E-state index in [1.165, 1.54) is 0 Å². The molecule has 1 aromatic heterocycles. The van der Waals surface area contributed by atoms with Gasteiger partial charge in [0.25, 0.3) is 0 Å². The molecule has 0 saturated heterocycles. The maximum atomic E-state index is 6.16. The molecule has 0 saturated carbocycles. The largest absolute Gasteiger partial charge is 0.246 e. The van der Waals surface area contributed by atoms with Gasteiger partial charge in [-0.25, -0.2) is 9.40 Å². The Morgan fingerprint density at radius 1 is 0.800 bits per heavy atom. The van der Waals surface area contributed by atoms with Crippen molar-refractivity contribution in [3.8, 4) is 22.3 Å². The highest BCUT2D eigenvalue weighted by atomic mass is 35.5. The van der Waals surface area contributed by atoms with Crippen molar-refractivity contribution in [1.82, 2.24) is 5.48 Å². The van der Waals surface area contributed by atoms with Crippen molar-refractivity contribution >= 4 is 17.3 Å². The molecular formula is C26H31ClN2O+. The molecule has 30 heavy (non-hydrogen) atoms. The first-order valence-corrected chi connectivity index (χ1v) is 10.6. The van der Waals surface area contributed by atoms with Crippen molar-refractivity contribution in [3.05, 3.63) is 71.5 Å². The molecule has 1 radical (unpaired) electrons. The zero-order chi connectivity index (χ0) is 22.1. The van der Waals surface area contributed by atoms with Crippen LogP contribution in [0.1, 0.15) is 47.1 Å². The molecule has 0 fully saturated rings. The molecule has 3 aromatic rings. The van der Waals surface area contributed by atoms with Crippen molar-refractivity contribution in [1.29, 1.82) is 0 Å². The number of hydrogen-bond donors (Lipinski definition) is 0. The summed E-state index contributed by atoms with van der Waals surface area (Å²) in [6.07, 6.45) is 4.13. The van der Waals surface area contributed by atoms with Gasteiger partial charge in [0.15, 0.2) is 12.4 Å². The molecule has 0 spiro atoms. The Balaban J connectivity index is 2.26. The topological polar surface area (TPSA) is 27.2 Å². The van der Waals surface area contributed by atoms with E-state index in [-0.39, 0.29) is 11.0 Å². The molecule has 0 amide bonds. The van der Waals surface area contributed by atoms with Gasteiger partial charge in [-0.3, -0.25) is 0 Å². The Hall–Kier alpha value is -2.36. The number of pyridine rings is 1. The molecular weight excluding hydrogens is 392 g/mol. The first kappa shape index (κ1) is 22.3. The predicted octanol–water partition coefficient (Wildman–Crippen LogP) is 6.76. The molecule has 0 N–H and O–H groups in total. The summed E-state index contributed by atoms with van der Waals surface area (Å²) >= 11 is 6.16. The Labute approximate surface area is 185 Å². The van der Waals surface area contributed by atoms with Gasteiger partial charge >= 0.3 is 0 Å². The molecule has 0 bridgehead atoms. The number of hydrogen-bond acceptors (Lipinski definition) is 1. The third-order valence-corrected chi connectivity index (χ3v) is 5.05. The van der Waals surface area contributed by atoms with Gasteiger partial charge < -0.3 is 0 Å². The lowest BCUT2D eigenvalue weighted by Crippen LogP contribution is -2.25. The summed E-state index contributed by atoms with van der Waals surface area (Å²) in [6.45, 7) is 12.6. The standard InChI is InChI=1S/C26H31ClN2O/c1-25(2,3)23-17-20(18-12-14-29(7)15-13-18)16-22(19-8-10-21(27)11-9-19)24(23)28-30-26(4,5)6/h8-17H,1-7H3/q+1. The van der Waals surface area contributed by atoms with E-state index in [2.05, 4.69) is 62.9 Å². The Kier molecular flexibility index (Phi) is 6.26. The fourth-order valence-electron chi connectivity index (χ4n) is 3.20. The van der Waals surface area contributed by atoms with Crippen LogP contribution in [0.2, 0.25) is 5.02 Å². The van der Waals surface area contributed by atoms with E-state index in [0.29, 0.717) is 5.02 Å². The van der Waals surface area contributed by atoms with E-state index in [4.69, 9.17) is 16.4 Å². The fourth-order valence-corrected chi connectivity index (χ4v) is 3.32. The van der Waals surface area contributed by atoms with Gasteiger partial charge in [0.05, 0.1) is 5.60 Å². The first-order valence-electron chi connectivity index (χ1n) is 10.2. The Morgan fingerprint density at radius 2 is 1.40 bits per heavy atom. The molecule has 3 nitrogen and oxygen atoms in total. The smallest absolute Gasteiger partial charge is 0.169 e. The summed E-state index contributed by atoms with van der Waals surface area (Å²) in [5.41, 5.74) is 10.6. The van der Waals surface area contributed by atoms with Crippen molar-refractivity contribution in [2.24, 2.45) is 7.05 Å². The van der Waals surface area contributed by atoms with Crippen molar-refractivity contribution < 1.29 is 9.40 Å². The molecule has 0 unspecified atom stereocenters. The number of rotatable bonds is 4. The fraction of sp³-hybridized carbons (Fsp3) is 0.346. The van der Waals surface area contributed by atoms with Crippen LogP contribution in [0.4, 0.5) is 5.69 Å². The van der Waals surface area contributed by atoms with E-state index >= 15 is 0 Å². The molecule has 0 aliphatic rings. The van der Waals surface area contributed by atoms with Gasteiger partial charge in [0.2, 0.25) is 0 Å². The lowest BCUT2D eigenvalue weighted by Gasteiger charge is -2.27. The van der Waals surface area contributed by atoms with Crippen LogP contribution in [0.5, 0.6) is 0 Å². The molecule has 3 rings (SSSR count). The lowest BCUT2D eigenvalue weighted by molar-refractivity contribution is -0.671. The van der Waals surface area contributed by atoms with Gasteiger partial charge in [-0.1, -0.05) is 44.5 Å². The summed E-state index contributed by atoms with van der Waals surface area (Å²) in [7, 11) is 2.02. The highest BCUT2D eigenvalue weighted by Crippen LogP contribution is 2.41. The van der Waals surface area contributed by atoms with Gasteiger partial charge in [0.1, 0.15) is 12.7 Å². The van der Waals surface area contributed by atoms with Crippen LogP contribution >= 0.6 is 11.6 Å². The predicted molar refractivity (Wildman–Crippen MR) is 125 cm³/mol. The van der Waals surface area contributed by atoms with E-state index in [1.807, 2.05) is 56.7 Å². The first-order chi connectivity index (χ1) is 13.9. The summed E-state index contributed by atoms with van der Waals surface area (Å²) in [5, 5.41) is 0.714. The van der Waals surface area contributed by atoms with Crippen LogP contribution in [-0.2, 0) is 17.3 Å². The van der Waals surface area contributed by atoms with E-state index in [1.54, 1.807) is 0 Å². The monoisotopic (exact) mass is 422 g/mol. The molecule has 157 valence electrons. The highest BCUT2D eigenvalue weighted by Gasteiger charge is 2.25. The van der Waals surface area contributed by atoms with Gasteiger partial charge in [-0.2, -0.15) is 0 Å². The molecule has 0 aliphatic heterocycles. The molecule has 0 aliphatic carbocycles. The second-order valence-corrected chi connectivity index (χ2v) is 10.2. The summed E-state index contributed by atoms with van der Waals surface area (Å²) in [6, 6.07) is 16.6. The Bertz CT molecular complexity index is 1010. The number of aryl methyl sites for hydroxylation is 1. The number of benzene rings is 2. The molecule has 2 aromatic carbocycles. The van der Waals surface area contributed by atoms with Crippen LogP contribution in [-0.4, -0.2) is 5.60 Å². The van der Waals surface area contributed by atoms with Gasteiger partial charge in [-0.15, -0.1) is 5.48 Å². The molecule has 4 heteroatoms. The van der Waals surface area contributed by atoms with Gasteiger partial charge in [-0.05, 0) is 72.7 Å². The third-order valence-electron chi connectivity index (χ3n) is 4.80. The lowest BCUT2D eigenvalue weighted by atomic mass is 9.81. The zero-order valence-electron chi connectivity index (χ0n) is 19.0. The molecule has 1 heterocycles. The average Bonchev–Trinajstić information content (AvgIpc) is 2.66. The second kappa shape index (κ2) is 8.41. The van der Waals surface area contributed by atoms with Crippen molar-refractivity contribution in [2.45, 2.75) is 52.6 Å². The van der Waals surface area contributed by atoms with Crippen LogP contribution < -0.4 is 10.0 Å².